The van der Waals surface area contributed by atoms with Gasteiger partial charge >= 0.3 is 0 Å². The number of likely N-dealkylation sites (tertiary alicyclic amines) is 1. The highest BCUT2D eigenvalue weighted by atomic mass is 16.5. The third kappa shape index (κ3) is 4.18. The van der Waals surface area contributed by atoms with Crippen LogP contribution < -0.4 is 14.4 Å². The molecule has 2 fully saturated rings. The van der Waals surface area contributed by atoms with Crippen LogP contribution in [0.2, 0.25) is 0 Å². The van der Waals surface area contributed by atoms with Crippen molar-refractivity contribution >= 4 is 17.5 Å². The molecule has 4 rings (SSSR count). The molecule has 2 unspecified atom stereocenters. The van der Waals surface area contributed by atoms with Gasteiger partial charge in [-0.15, -0.1) is 0 Å². The highest BCUT2D eigenvalue weighted by Crippen LogP contribution is 2.29. The molecule has 2 atom stereocenters. The van der Waals surface area contributed by atoms with Gasteiger partial charge in [-0.2, -0.15) is 0 Å². The minimum atomic E-state index is -0.319. The van der Waals surface area contributed by atoms with Crippen molar-refractivity contribution in [3.05, 3.63) is 48.2 Å². The molecule has 2 amide bonds. The lowest BCUT2D eigenvalue weighted by atomic mass is 10.1. The maximum absolute atomic E-state index is 13.0. The van der Waals surface area contributed by atoms with Crippen LogP contribution in [0.5, 0.6) is 11.6 Å². The Hall–Kier alpha value is -3.09. The number of amides is 2. The van der Waals surface area contributed by atoms with Crippen LogP contribution >= 0.6 is 0 Å². The molecule has 3 heterocycles. The van der Waals surface area contributed by atoms with Crippen LogP contribution in [0.4, 0.5) is 5.69 Å². The van der Waals surface area contributed by atoms with Gasteiger partial charge in [0.2, 0.25) is 17.7 Å². The Balaban J connectivity index is 1.35. The Morgan fingerprint density at radius 3 is 2.66 bits per heavy atom. The maximum atomic E-state index is 13.0. The van der Waals surface area contributed by atoms with Crippen LogP contribution in [0.1, 0.15) is 18.5 Å². The summed E-state index contributed by atoms with van der Waals surface area (Å²) in [6, 6.07) is 13.0. The molecule has 0 bridgehead atoms. The zero-order chi connectivity index (χ0) is 20.4. The third-order valence-electron chi connectivity index (χ3n) is 5.47. The SMILES string of the molecule is COc1ccc(N2CC(C(=O)N3CCC(Oc4cccc(C)n4)C3)CC2=O)cc1. The van der Waals surface area contributed by atoms with Gasteiger partial charge in [-0.05, 0) is 37.3 Å². The predicted molar refractivity (Wildman–Crippen MR) is 108 cm³/mol. The number of ether oxygens (including phenoxy) is 2. The maximum Gasteiger partial charge on any atom is 0.228 e. The molecular formula is C22H25N3O4. The number of methoxy groups -OCH3 is 1. The number of nitrogens with zero attached hydrogens (tertiary/aromatic N) is 3. The van der Waals surface area contributed by atoms with Gasteiger partial charge in [0.15, 0.2) is 0 Å². The second-order valence-corrected chi connectivity index (χ2v) is 7.53. The summed E-state index contributed by atoms with van der Waals surface area (Å²) in [6.07, 6.45) is 0.944. The zero-order valence-electron chi connectivity index (χ0n) is 16.7. The van der Waals surface area contributed by atoms with Gasteiger partial charge in [-0.3, -0.25) is 9.59 Å². The fraction of sp³-hybridized carbons (Fsp3) is 0.409. The Morgan fingerprint density at radius 1 is 1.14 bits per heavy atom. The van der Waals surface area contributed by atoms with Crippen molar-refractivity contribution in [1.82, 2.24) is 9.88 Å². The van der Waals surface area contributed by atoms with E-state index in [0.717, 1.165) is 23.6 Å². The van der Waals surface area contributed by atoms with Crippen LogP contribution in [0.15, 0.2) is 42.5 Å². The monoisotopic (exact) mass is 395 g/mol. The lowest BCUT2D eigenvalue weighted by Crippen LogP contribution is -2.37. The van der Waals surface area contributed by atoms with E-state index in [1.807, 2.05) is 54.3 Å². The number of anilines is 1. The minimum Gasteiger partial charge on any atom is -0.497 e. The van der Waals surface area contributed by atoms with E-state index in [1.165, 1.54) is 0 Å². The van der Waals surface area contributed by atoms with E-state index >= 15 is 0 Å². The molecular weight excluding hydrogens is 370 g/mol. The first-order valence-electron chi connectivity index (χ1n) is 9.87. The Bertz CT molecular complexity index is 899. The van der Waals surface area contributed by atoms with Crippen LogP contribution in [0.25, 0.3) is 0 Å². The van der Waals surface area contributed by atoms with Crippen LogP contribution in [-0.2, 0) is 9.59 Å². The fourth-order valence-corrected chi connectivity index (χ4v) is 3.92. The molecule has 1 aromatic heterocycles. The predicted octanol–water partition coefficient (Wildman–Crippen LogP) is 2.43. The first-order valence-corrected chi connectivity index (χ1v) is 9.87. The third-order valence-corrected chi connectivity index (χ3v) is 5.47. The number of aryl methyl sites for hydroxylation is 1. The molecule has 2 aliphatic heterocycles. The molecule has 0 saturated carbocycles. The first-order chi connectivity index (χ1) is 14.0. The van der Waals surface area contributed by atoms with Gasteiger partial charge in [-0.1, -0.05) is 6.07 Å². The summed E-state index contributed by atoms with van der Waals surface area (Å²) in [5.41, 5.74) is 1.69. The molecule has 152 valence electrons. The van der Waals surface area contributed by atoms with Gasteiger partial charge in [0.25, 0.3) is 0 Å². The summed E-state index contributed by atoms with van der Waals surface area (Å²) >= 11 is 0. The molecule has 0 spiro atoms. The molecule has 0 N–H and O–H groups in total. The molecule has 7 heteroatoms. The second kappa shape index (κ2) is 8.11. The summed E-state index contributed by atoms with van der Waals surface area (Å²) in [5, 5.41) is 0. The average molecular weight is 395 g/mol. The van der Waals surface area contributed by atoms with Crippen molar-refractivity contribution in [1.29, 1.82) is 0 Å². The molecule has 0 radical (unpaired) electrons. The fourth-order valence-electron chi connectivity index (χ4n) is 3.92. The van der Waals surface area contributed by atoms with E-state index < -0.39 is 0 Å². The van der Waals surface area contributed by atoms with E-state index in [9.17, 15) is 9.59 Å². The number of aromatic nitrogens is 1. The van der Waals surface area contributed by atoms with Crippen molar-refractivity contribution in [2.75, 3.05) is 31.6 Å². The van der Waals surface area contributed by atoms with Crippen molar-refractivity contribution in [2.45, 2.75) is 25.9 Å². The standard InChI is InChI=1S/C22H25N3O4/c1-15-4-3-5-20(23-15)29-19-10-11-24(14-19)22(27)16-12-21(26)25(13-16)17-6-8-18(28-2)9-7-17/h3-9,16,19H,10-14H2,1-2H3. The normalized spacial score (nSPS) is 21.5. The van der Waals surface area contributed by atoms with E-state index in [0.29, 0.717) is 25.5 Å². The second-order valence-electron chi connectivity index (χ2n) is 7.53. The van der Waals surface area contributed by atoms with Crippen molar-refractivity contribution in [3.8, 4) is 11.6 Å². The van der Waals surface area contributed by atoms with E-state index in [4.69, 9.17) is 9.47 Å². The minimum absolute atomic E-state index is 0.0236. The van der Waals surface area contributed by atoms with Crippen molar-refractivity contribution in [2.24, 2.45) is 5.92 Å². The van der Waals surface area contributed by atoms with E-state index in [2.05, 4.69) is 4.98 Å². The van der Waals surface area contributed by atoms with Crippen LogP contribution in [0.3, 0.4) is 0 Å². The van der Waals surface area contributed by atoms with Crippen molar-refractivity contribution in [3.63, 3.8) is 0 Å². The Kier molecular flexibility index (Phi) is 5.38. The average Bonchev–Trinajstić information content (AvgIpc) is 3.34. The highest BCUT2D eigenvalue weighted by molar-refractivity contribution is 6.00. The van der Waals surface area contributed by atoms with Gasteiger partial charge in [-0.25, -0.2) is 4.98 Å². The quantitative estimate of drug-likeness (QED) is 0.778. The summed E-state index contributed by atoms with van der Waals surface area (Å²) in [7, 11) is 1.60. The number of carbonyl (C=O) groups is 2. The topological polar surface area (TPSA) is 72.0 Å². The lowest BCUT2D eigenvalue weighted by Gasteiger charge is -2.21. The highest BCUT2D eigenvalue weighted by Gasteiger charge is 2.39. The van der Waals surface area contributed by atoms with Crippen LogP contribution in [0, 0.1) is 12.8 Å². The summed E-state index contributed by atoms with van der Waals surface area (Å²) < 4.78 is 11.1. The summed E-state index contributed by atoms with van der Waals surface area (Å²) in [5.74, 6) is 1.01. The molecule has 2 saturated heterocycles. The number of hydrogen-bond acceptors (Lipinski definition) is 5. The van der Waals surface area contributed by atoms with E-state index in [1.54, 1.807) is 12.0 Å². The number of benzene rings is 1. The van der Waals surface area contributed by atoms with Gasteiger partial charge in [0.05, 0.1) is 19.6 Å². The molecule has 29 heavy (non-hydrogen) atoms. The summed E-state index contributed by atoms with van der Waals surface area (Å²) in [4.78, 5) is 33.3. The number of hydrogen-bond donors (Lipinski definition) is 0. The largest absolute Gasteiger partial charge is 0.497 e. The summed E-state index contributed by atoms with van der Waals surface area (Å²) in [6.45, 7) is 3.50. The molecule has 2 aromatic rings. The molecule has 0 aliphatic carbocycles. The van der Waals surface area contributed by atoms with Gasteiger partial charge < -0.3 is 19.3 Å². The number of rotatable bonds is 5. The first kappa shape index (κ1) is 19.2. The zero-order valence-corrected chi connectivity index (χ0v) is 16.7. The number of carbonyl (C=O) groups excluding carboxylic acids is 2. The van der Waals surface area contributed by atoms with Gasteiger partial charge in [0, 0.05) is 43.4 Å². The van der Waals surface area contributed by atoms with Crippen LogP contribution in [-0.4, -0.2) is 54.5 Å². The van der Waals surface area contributed by atoms with E-state index in [-0.39, 0.29) is 30.3 Å². The molecule has 1 aromatic carbocycles. The lowest BCUT2D eigenvalue weighted by molar-refractivity contribution is -0.135. The smallest absolute Gasteiger partial charge is 0.228 e. The Labute approximate surface area is 170 Å². The molecule has 7 nitrogen and oxygen atoms in total. The number of pyridine rings is 1. The molecule has 2 aliphatic rings. The van der Waals surface area contributed by atoms with Gasteiger partial charge in [0.1, 0.15) is 11.9 Å². The Morgan fingerprint density at radius 2 is 1.93 bits per heavy atom. The van der Waals surface area contributed by atoms with Crippen molar-refractivity contribution < 1.29 is 19.1 Å².